The number of benzene rings is 2. The van der Waals surface area contributed by atoms with Crippen LogP contribution in [0.4, 0.5) is 4.79 Å². The van der Waals surface area contributed by atoms with Gasteiger partial charge in [0.2, 0.25) is 10.0 Å². The summed E-state index contributed by atoms with van der Waals surface area (Å²) in [5, 5.41) is 0. The van der Waals surface area contributed by atoms with Crippen LogP contribution in [0.15, 0.2) is 48.5 Å². The number of sulfonamides is 1. The number of nitrogens with one attached hydrogen (secondary N) is 1. The molecule has 2 fully saturated rings. The predicted octanol–water partition coefficient (Wildman–Crippen LogP) is 3.73. The summed E-state index contributed by atoms with van der Waals surface area (Å²) in [6, 6.07) is 16.5. The van der Waals surface area contributed by atoms with Gasteiger partial charge in [0.05, 0.1) is 5.75 Å². The second-order valence-electron chi connectivity index (χ2n) is 8.98. The largest absolute Gasteiger partial charge is 0.448 e. The zero-order valence-corrected chi connectivity index (χ0v) is 18.5. The molecule has 7 heteroatoms. The number of hydrogen-bond donors (Lipinski definition) is 1. The SMILES string of the molecule is CNS(=O)(=O)CC12CCCC1N(C(=O)OCC1c3ccccc3-c3ccccc31)CC2. The van der Waals surface area contributed by atoms with Crippen LogP contribution in [-0.2, 0) is 14.8 Å². The van der Waals surface area contributed by atoms with Crippen LogP contribution >= 0.6 is 0 Å². The molecule has 1 aliphatic heterocycles. The lowest BCUT2D eigenvalue weighted by Gasteiger charge is -2.31. The highest BCUT2D eigenvalue weighted by molar-refractivity contribution is 7.89. The van der Waals surface area contributed by atoms with Gasteiger partial charge in [-0.05, 0) is 48.6 Å². The van der Waals surface area contributed by atoms with E-state index in [4.69, 9.17) is 4.74 Å². The molecule has 1 amide bonds. The minimum atomic E-state index is -3.34. The molecule has 2 atom stereocenters. The van der Waals surface area contributed by atoms with Gasteiger partial charge in [-0.25, -0.2) is 17.9 Å². The second kappa shape index (κ2) is 7.64. The van der Waals surface area contributed by atoms with E-state index in [1.54, 1.807) is 4.90 Å². The molecule has 0 radical (unpaired) electrons. The molecule has 164 valence electrons. The van der Waals surface area contributed by atoms with Gasteiger partial charge in [-0.15, -0.1) is 0 Å². The van der Waals surface area contributed by atoms with Crippen LogP contribution in [0.5, 0.6) is 0 Å². The van der Waals surface area contributed by atoms with Gasteiger partial charge in [0, 0.05) is 23.9 Å². The molecule has 5 rings (SSSR count). The van der Waals surface area contributed by atoms with E-state index >= 15 is 0 Å². The van der Waals surface area contributed by atoms with Crippen molar-refractivity contribution in [2.75, 3.05) is 26.0 Å². The average Bonchev–Trinajstić information content (AvgIpc) is 3.41. The van der Waals surface area contributed by atoms with Gasteiger partial charge < -0.3 is 9.64 Å². The van der Waals surface area contributed by atoms with Gasteiger partial charge >= 0.3 is 6.09 Å². The van der Waals surface area contributed by atoms with E-state index in [1.807, 2.05) is 24.3 Å². The lowest BCUT2D eigenvalue weighted by Crippen LogP contribution is -2.44. The quantitative estimate of drug-likeness (QED) is 0.769. The Morgan fingerprint density at radius 3 is 2.39 bits per heavy atom. The third kappa shape index (κ3) is 3.44. The maximum atomic E-state index is 13.1. The molecule has 31 heavy (non-hydrogen) atoms. The summed E-state index contributed by atoms with van der Waals surface area (Å²) in [4.78, 5) is 14.9. The Morgan fingerprint density at radius 2 is 1.74 bits per heavy atom. The van der Waals surface area contributed by atoms with E-state index < -0.39 is 10.0 Å². The molecule has 0 spiro atoms. The molecule has 3 aliphatic rings. The van der Waals surface area contributed by atoms with E-state index in [0.717, 1.165) is 19.3 Å². The molecule has 2 aromatic carbocycles. The number of carbonyl (C=O) groups excluding carboxylic acids is 1. The first kappa shape index (κ1) is 20.5. The smallest absolute Gasteiger partial charge is 0.410 e. The molecule has 1 heterocycles. The highest BCUT2D eigenvalue weighted by atomic mass is 32.2. The molecule has 1 saturated carbocycles. The molecule has 2 unspecified atom stereocenters. The molecule has 6 nitrogen and oxygen atoms in total. The first-order chi connectivity index (χ1) is 14.9. The number of carbonyl (C=O) groups is 1. The summed E-state index contributed by atoms with van der Waals surface area (Å²) in [5.74, 6) is 0.103. The van der Waals surface area contributed by atoms with Crippen molar-refractivity contribution in [1.82, 2.24) is 9.62 Å². The van der Waals surface area contributed by atoms with Crippen LogP contribution in [-0.4, -0.2) is 51.4 Å². The molecule has 2 aliphatic carbocycles. The third-order valence-corrected chi connectivity index (χ3v) is 9.02. The van der Waals surface area contributed by atoms with Crippen LogP contribution in [0.3, 0.4) is 0 Å². The minimum Gasteiger partial charge on any atom is -0.448 e. The fourth-order valence-electron chi connectivity index (χ4n) is 5.98. The molecular formula is C24H28N2O4S. The summed E-state index contributed by atoms with van der Waals surface area (Å²) < 4.78 is 32.8. The zero-order chi connectivity index (χ0) is 21.6. The first-order valence-corrected chi connectivity index (χ1v) is 12.6. The van der Waals surface area contributed by atoms with Crippen molar-refractivity contribution in [3.8, 4) is 11.1 Å². The predicted molar refractivity (Wildman–Crippen MR) is 119 cm³/mol. The standard InChI is InChI=1S/C24H28N2O4S/c1-25-31(28,29)16-24-12-6-11-22(24)26(14-13-24)23(27)30-15-21-19-9-4-2-7-17(19)18-8-3-5-10-20(18)21/h2-5,7-10,21-22,25H,6,11-16H2,1H3. The van der Waals surface area contributed by atoms with Crippen molar-refractivity contribution in [3.63, 3.8) is 0 Å². The third-order valence-electron chi connectivity index (χ3n) is 7.44. The first-order valence-electron chi connectivity index (χ1n) is 11.0. The molecule has 0 aromatic heterocycles. The van der Waals surface area contributed by atoms with Crippen molar-refractivity contribution in [3.05, 3.63) is 59.7 Å². The summed E-state index contributed by atoms with van der Waals surface area (Å²) in [5.41, 5.74) is 4.43. The van der Waals surface area contributed by atoms with Gasteiger partial charge in [-0.1, -0.05) is 55.0 Å². The van der Waals surface area contributed by atoms with Gasteiger partial charge in [-0.3, -0.25) is 0 Å². The van der Waals surface area contributed by atoms with Gasteiger partial charge in [0.15, 0.2) is 0 Å². The molecular weight excluding hydrogens is 412 g/mol. The Bertz CT molecular complexity index is 1070. The van der Waals surface area contributed by atoms with Crippen molar-refractivity contribution in [1.29, 1.82) is 0 Å². The van der Waals surface area contributed by atoms with E-state index in [2.05, 4.69) is 29.0 Å². The van der Waals surface area contributed by atoms with E-state index in [1.165, 1.54) is 29.3 Å². The van der Waals surface area contributed by atoms with Crippen molar-refractivity contribution in [2.24, 2.45) is 5.41 Å². The van der Waals surface area contributed by atoms with Gasteiger partial charge in [0.25, 0.3) is 0 Å². The Labute approximate surface area is 183 Å². The normalized spacial score (nSPS) is 24.7. The van der Waals surface area contributed by atoms with Crippen LogP contribution in [0.1, 0.15) is 42.7 Å². The highest BCUT2D eigenvalue weighted by Crippen LogP contribution is 2.50. The van der Waals surface area contributed by atoms with Crippen molar-refractivity contribution < 1.29 is 17.9 Å². The molecule has 1 N–H and O–H groups in total. The molecule has 0 bridgehead atoms. The number of rotatable bonds is 5. The number of amides is 1. The topological polar surface area (TPSA) is 75.7 Å². The lowest BCUT2D eigenvalue weighted by molar-refractivity contribution is 0.0886. The Balaban J connectivity index is 1.32. The van der Waals surface area contributed by atoms with Crippen LogP contribution in [0, 0.1) is 5.41 Å². The zero-order valence-electron chi connectivity index (χ0n) is 17.7. The summed E-state index contributed by atoms with van der Waals surface area (Å²) in [6.45, 7) is 0.846. The lowest BCUT2D eigenvalue weighted by atomic mass is 9.84. The van der Waals surface area contributed by atoms with Crippen LogP contribution in [0.2, 0.25) is 0 Å². The summed E-state index contributed by atoms with van der Waals surface area (Å²) >= 11 is 0. The number of fused-ring (bicyclic) bond motifs is 4. The Kier molecular flexibility index (Phi) is 5.06. The maximum Gasteiger partial charge on any atom is 0.410 e. The number of hydrogen-bond acceptors (Lipinski definition) is 4. The monoisotopic (exact) mass is 440 g/mol. The highest BCUT2D eigenvalue weighted by Gasteiger charge is 2.54. The Morgan fingerprint density at radius 1 is 1.10 bits per heavy atom. The minimum absolute atomic E-state index is 0.0250. The number of likely N-dealkylation sites (tertiary alicyclic amines) is 1. The summed E-state index contributed by atoms with van der Waals surface area (Å²) in [6.07, 6.45) is 3.01. The molecule has 2 aromatic rings. The fourth-order valence-corrected chi connectivity index (χ4v) is 7.37. The number of nitrogens with zero attached hydrogens (tertiary/aromatic N) is 1. The van der Waals surface area contributed by atoms with Crippen LogP contribution < -0.4 is 4.72 Å². The van der Waals surface area contributed by atoms with Gasteiger partial charge in [0.1, 0.15) is 6.61 Å². The van der Waals surface area contributed by atoms with E-state index in [-0.39, 0.29) is 35.8 Å². The maximum absolute atomic E-state index is 13.1. The Hall–Kier alpha value is -2.38. The fraction of sp³-hybridized carbons (Fsp3) is 0.458. The molecule has 1 saturated heterocycles. The van der Waals surface area contributed by atoms with E-state index in [0.29, 0.717) is 13.0 Å². The van der Waals surface area contributed by atoms with Gasteiger partial charge in [-0.2, -0.15) is 0 Å². The average molecular weight is 441 g/mol. The van der Waals surface area contributed by atoms with Crippen LogP contribution in [0.25, 0.3) is 11.1 Å². The van der Waals surface area contributed by atoms with E-state index in [9.17, 15) is 13.2 Å². The number of ether oxygens (including phenoxy) is 1. The second-order valence-corrected chi connectivity index (χ2v) is 10.9. The van der Waals surface area contributed by atoms with Crippen molar-refractivity contribution in [2.45, 2.75) is 37.6 Å². The van der Waals surface area contributed by atoms with Crippen molar-refractivity contribution >= 4 is 16.1 Å². The summed E-state index contributed by atoms with van der Waals surface area (Å²) in [7, 11) is -1.88.